The third kappa shape index (κ3) is 1.92. The van der Waals surface area contributed by atoms with Gasteiger partial charge in [-0.05, 0) is 31.2 Å². The molecule has 82 valence electrons. The molecule has 4 nitrogen and oxygen atoms in total. The fraction of sp³-hybridized carbons (Fsp3) is 0.0909. The summed E-state index contributed by atoms with van der Waals surface area (Å²) in [6.07, 6.45) is 1.69. The number of aryl methyl sites for hydroxylation is 1. The highest BCUT2D eigenvalue weighted by atomic mass is 35.5. The van der Waals surface area contributed by atoms with Crippen molar-refractivity contribution in [3.63, 3.8) is 0 Å². The Morgan fingerprint density at radius 3 is 2.44 bits per heavy atom. The number of aromatic nitrogens is 2. The number of carboxylic acids is 1. The molecule has 2 rings (SSSR count). The van der Waals surface area contributed by atoms with Crippen molar-refractivity contribution < 1.29 is 9.90 Å². The molecule has 0 saturated carbocycles. The minimum atomic E-state index is -0.943. The second kappa shape index (κ2) is 3.98. The number of carboxylic acid groups (broad SMARTS) is 1. The van der Waals surface area contributed by atoms with E-state index in [1.165, 1.54) is 12.1 Å². The van der Waals surface area contributed by atoms with Gasteiger partial charge in [-0.2, -0.15) is 5.10 Å². The molecule has 2 aromatic rings. The zero-order valence-electron chi connectivity index (χ0n) is 8.51. The molecule has 0 aliphatic heterocycles. The van der Waals surface area contributed by atoms with Gasteiger partial charge in [0, 0.05) is 6.20 Å². The summed E-state index contributed by atoms with van der Waals surface area (Å²) in [5.74, 6) is -0.943. The summed E-state index contributed by atoms with van der Waals surface area (Å²) in [6, 6.07) is 6.43. The Labute approximate surface area is 97.1 Å². The molecular weight excluding hydrogens is 228 g/mol. The molecule has 1 N–H and O–H groups in total. The third-order valence-corrected chi connectivity index (χ3v) is 2.59. The van der Waals surface area contributed by atoms with E-state index in [1.54, 1.807) is 23.0 Å². The van der Waals surface area contributed by atoms with Crippen molar-refractivity contribution in [1.29, 1.82) is 0 Å². The standard InChI is InChI=1S/C11H9ClN2O2/c1-7-10(12)6-14(13-7)9-4-2-8(3-5-9)11(15)16/h2-6H,1H3,(H,15,16). The predicted molar refractivity (Wildman–Crippen MR) is 60.3 cm³/mol. The van der Waals surface area contributed by atoms with Gasteiger partial charge < -0.3 is 5.11 Å². The Morgan fingerprint density at radius 2 is 2.00 bits per heavy atom. The first-order valence-corrected chi connectivity index (χ1v) is 5.01. The first-order valence-electron chi connectivity index (χ1n) is 4.63. The van der Waals surface area contributed by atoms with Crippen molar-refractivity contribution in [3.05, 3.63) is 46.7 Å². The summed E-state index contributed by atoms with van der Waals surface area (Å²) >= 11 is 5.88. The molecular formula is C11H9ClN2O2. The first-order chi connectivity index (χ1) is 7.58. The van der Waals surface area contributed by atoms with E-state index < -0.39 is 5.97 Å². The number of rotatable bonds is 2. The van der Waals surface area contributed by atoms with Crippen LogP contribution in [-0.2, 0) is 0 Å². The predicted octanol–water partition coefficient (Wildman–Crippen LogP) is 2.53. The van der Waals surface area contributed by atoms with Gasteiger partial charge in [0.25, 0.3) is 0 Å². The maximum absolute atomic E-state index is 10.7. The Hall–Kier alpha value is -1.81. The van der Waals surface area contributed by atoms with Crippen molar-refractivity contribution in [2.24, 2.45) is 0 Å². The summed E-state index contributed by atoms with van der Waals surface area (Å²) in [6.45, 7) is 1.81. The zero-order valence-corrected chi connectivity index (χ0v) is 9.27. The van der Waals surface area contributed by atoms with Gasteiger partial charge in [0.15, 0.2) is 0 Å². The van der Waals surface area contributed by atoms with Crippen molar-refractivity contribution in [1.82, 2.24) is 9.78 Å². The van der Waals surface area contributed by atoms with E-state index in [0.717, 1.165) is 11.4 Å². The summed E-state index contributed by atoms with van der Waals surface area (Å²) < 4.78 is 1.61. The summed E-state index contributed by atoms with van der Waals surface area (Å²) in [4.78, 5) is 10.7. The molecule has 0 radical (unpaired) electrons. The molecule has 0 aliphatic rings. The van der Waals surface area contributed by atoms with Crippen molar-refractivity contribution in [3.8, 4) is 5.69 Å². The van der Waals surface area contributed by atoms with Gasteiger partial charge in [-0.3, -0.25) is 0 Å². The van der Waals surface area contributed by atoms with E-state index in [0.29, 0.717) is 5.02 Å². The molecule has 0 fully saturated rings. The molecule has 0 aliphatic carbocycles. The van der Waals surface area contributed by atoms with Crippen LogP contribution in [0, 0.1) is 6.92 Å². The monoisotopic (exact) mass is 236 g/mol. The van der Waals surface area contributed by atoms with E-state index in [1.807, 2.05) is 6.92 Å². The highest BCUT2D eigenvalue weighted by Gasteiger charge is 2.05. The average Bonchev–Trinajstić information content (AvgIpc) is 2.59. The van der Waals surface area contributed by atoms with Crippen molar-refractivity contribution in [2.45, 2.75) is 6.92 Å². The minimum Gasteiger partial charge on any atom is -0.478 e. The fourth-order valence-corrected chi connectivity index (χ4v) is 1.46. The molecule has 0 unspecified atom stereocenters. The van der Waals surface area contributed by atoms with Crippen LogP contribution < -0.4 is 0 Å². The second-order valence-electron chi connectivity index (χ2n) is 3.36. The maximum atomic E-state index is 10.7. The van der Waals surface area contributed by atoms with Gasteiger partial charge in [-0.15, -0.1) is 0 Å². The molecule has 5 heteroatoms. The van der Waals surface area contributed by atoms with E-state index in [9.17, 15) is 4.79 Å². The smallest absolute Gasteiger partial charge is 0.335 e. The molecule has 0 saturated heterocycles. The Morgan fingerprint density at radius 1 is 1.38 bits per heavy atom. The fourth-order valence-electron chi connectivity index (χ4n) is 1.33. The lowest BCUT2D eigenvalue weighted by Gasteiger charge is -2.01. The molecule has 0 bridgehead atoms. The SMILES string of the molecule is Cc1nn(-c2ccc(C(=O)O)cc2)cc1Cl. The third-order valence-electron chi connectivity index (χ3n) is 2.22. The van der Waals surface area contributed by atoms with E-state index in [4.69, 9.17) is 16.7 Å². The van der Waals surface area contributed by atoms with Crippen LogP contribution in [0.4, 0.5) is 0 Å². The summed E-state index contributed by atoms with van der Waals surface area (Å²) in [7, 11) is 0. The topological polar surface area (TPSA) is 55.1 Å². The van der Waals surface area contributed by atoms with Gasteiger partial charge >= 0.3 is 5.97 Å². The summed E-state index contributed by atoms with van der Waals surface area (Å²) in [5.41, 5.74) is 1.77. The first kappa shape index (κ1) is 10.7. The highest BCUT2D eigenvalue weighted by molar-refractivity contribution is 6.31. The van der Waals surface area contributed by atoms with E-state index in [-0.39, 0.29) is 5.56 Å². The number of carbonyl (C=O) groups is 1. The van der Waals surface area contributed by atoms with E-state index >= 15 is 0 Å². The minimum absolute atomic E-state index is 0.249. The summed E-state index contributed by atoms with van der Waals surface area (Å²) in [5, 5.41) is 13.5. The number of hydrogen-bond acceptors (Lipinski definition) is 2. The molecule has 1 aromatic heterocycles. The van der Waals surface area contributed by atoms with Crippen molar-refractivity contribution in [2.75, 3.05) is 0 Å². The van der Waals surface area contributed by atoms with Gasteiger partial charge in [-0.1, -0.05) is 11.6 Å². The number of halogens is 1. The zero-order chi connectivity index (χ0) is 11.7. The Kier molecular flexibility index (Phi) is 2.66. The lowest BCUT2D eigenvalue weighted by Crippen LogP contribution is -1.98. The Balaban J connectivity index is 2.38. The molecule has 0 amide bonds. The molecule has 0 spiro atoms. The van der Waals surface area contributed by atoms with Gasteiger partial charge in [-0.25, -0.2) is 9.48 Å². The van der Waals surface area contributed by atoms with Crippen LogP contribution in [0.5, 0.6) is 0 Å². The van der Waals surface area contributed by atoms with E-state index in [2.05, 4.69) is 5.10 Å². The van der Waals surface area contributed by atoms with Gasteiger partial charge in [0.05, 0.1) is 22.0 Å². The van der Waals surface area contributed by atoms with Crippen LogP contribution in [-0.4, -0.2) is 20.9 Å². The Bertz CT molecular complexity index is 512. The highest BCUT2D eigenvalue weighted by Crippen LogP contribution is 2.16. The van der Waals surface area contributed by atoms with Crippen LogP contribution in [0.15, 0.2) is 30.5 Å². The second-order valence-corrected chi connectivity index (χ2v) is 3.77. The van der Waals surface area contributed by atoms with Gasteiger partial charge in [0.1, 0.15) is 0 Å². The molecule has 16 heavy (non-hydrogen) atoms. The maximum Gasteiger partial charge on any atom is 0.335 e. The van der Waals surface area contributed by atoms with Crippen LogP contribution >= 0.6 is 11.6 Å². The van der Waals surface area contributed by atoms with Crippen LogP contribution in [0.25, 0.3) is 5.69 Å². The lowest BCUT2D eigenvalue weighted by molar-refractivity contribution is 0.0697. The van der Waals surface area contributed by atoms with Crippen LogP contribution in [0.3, 0.4) is 0 Å². The molecule has 1 heterocycles. The molecule has 1 aromatic carbocycles. The normalized spacial score (nSPS) is 10.4. The van der Waals surface area contributed by atoms with Crippen LogP contribution in [0.2, 0.25) is 5.02 Å². The molecule has 0 atom stereocenters. The van der Waals surface area contributed by atoms with Crippen molar-refractivity contribution >= 4 is 17.6 Å². The largest absolute Gasteiger partial charge is 0.478 e. The van der Waals surface area contributed by atoms with Crippen LogP contribution in [0.1, 0.15) is 16.1 Å². The average molecular weight is 237 g/mol. The number of nitrogens with zero attached hydrogens (tertiary/aromatic N) is 2. The van der Waals surface area contributed by atoms with Gasteiger partial charge in [0.2, 0.25) is 0 Å². The number of aromatic carboxylic acids is 1. The number of benzene rings is 1. The lowest BCUT2D eigenvalue weighted by atomic mass is 10.2. The number of hydrogen-bond donors (Lipinski definition) is 1. The quantitative estimate of drug-likeness (QED) is 0.872.